The highest BCUT2D eigenvalue weighted by Gasteiger charge is 2.17. The lowest BCUT2D eigenvalue weighted by Crippen LogP contribution is -2.44. The van der Waals surface area contributed by atoms with Crippen molar-refractivity contribution in [1.29, 1.82) is 0 Å². The van der Waals surface area contributed by atoms with Gasteiger partial charge in [-0.2, -0.15) is 0 Å². The zero-order chi connectivity index (χ0) is 20.0. The Balaban J connectivity index is 1.71. The van der Waals surface area contributed by atoms with Crippen LogP contribution in [0.3, 0.4) is 0 Å². The molecule has 0 aliphatic carbocycles. The van der Waals surface area contributed by atoms with E-state index in [1.165, 1.54) is 12.1 Å². The van der Waals surface area contributed by atoms with Crippen LogP contribution < -0.4 is 15.2 Å². The first-order valence-corrected chi connectivity index (χ1v) is 11.0. The molecule has 0 saturated heterocycles. The Morgan fingerprint density at radius 3 is 1.82 bits per heavy atom. The molecule has 3 aromatic carbocycles. The Morgan fingerprint density at radius 1 is 0.821 bits per heavy atom. The van der Waals surface area contributed by atoms with Gasteiger partial charge in [0.25, 0.3) is 5.91 Å². The topological polar surface area (TPSA) is 78.5 Å². The number of hydrogen-bond donors (Lipinski definition) is 2. The SMILES string of the molecule is O=C(CNS(=O)(=O)c1ccc(I)cc1)NN(c1ccccc1)c1ccccc1. The van der Waals surface area contributed by atoms with Crippen molar-refractivity contribution in [1.82, 2.24) is 10.1 Å². The van der Waals surface area contributed by atoms with Crippen LogP contribution in [0.1, 0.15) is 0 Å². The summed E-state index contributed by atoms with van der Waals surface area (Å²) in [6.45, 7) is -0.384. The van der Waals surface area contributed by atoms with Gasteiger partial charge in [0.15, 0.2) is 0 Å². The summed E-state index contributed by atoms with van der Waals surface area (Å²) in [5.41, 5.74) is 4.25. The van der Waals surface area contributed by atoms with E-state index in [4.69, 9.17) is 0 Å². The minimum absolute atomic E-state index is 0.115. The molecule has 0 radical (unpaired) electrons. The summed E-state index contributed by atoms with van der Waals surface area (Å²) in [5.74, 6) is -0.484. The Morgan fingerprint density at radius 2 is 1.32 bits per heavy atom. The van der Waals surface area contributed by atoms with Crippen molar-refractivity contribution in [3.05, 3.63) is 88.5 Å². The number of halogens is 1. The number of para-hydroxylation sites is 2. The van der Waals surface area contributed by atoms with E-state index in [2.05, 4.69) is 32.7 Å². The summed E-state index contributed by atoms with van der Waals surface area (Å²) in [4.78, 5) is 12.6. The number of benzene rings is 3. The number of carbonyl (C=O) groups excluding carboxylic acids is 1. The van der Waals surface area contributed by atoms with Crippen molar-refractivity contribution in [2.75, 3.05) is 11.6 Å². The molecule has 28 heavy (non-hydrogen) atoms. The van der Waals surface area contributed by atoms with Gasteiger partial charge in [0, 0.05) is 3.57 Å². The largest absolute Gasteiger partial charge is 0.272 e. The van der Waals surface area contributed by atoms with Gasteiger partial charge < -0.3 is 0 Å². The molecular weight excluding hydrogens is 489 g/mol. The Labute approximate surface area is 177 Å². The lowest BCUT2D eigenvalue weighted by atomic mass is 10.2. The highest BCUT2D eigenvalue weighted by atomic mass is 127. The maximum Gasteiger partial charge on any atom is 0.253 e. The van der Waals surface area contributed by atoms with Gasteiger partial charge in [0.1, 0.15) is 0 Å². The van der Waals surface area contributed by atoms with Crippen LogP contribution in [0, 0.1) is 3.57 Å². The van der Waals surface area contributed by atoms with E-state index < -0.39 is 15.9 Å². The molecule has 3 aromatic rings. The molecule has 0 aliphatic rings. The van der Waals surface area contributed by atoms with Crippen molar-refractivity contribution >= 4 is 49.9 Å². The first-order chi connectivity index (χ1) is 13.5. The van der Waals surface area contributed by atoms with E-state index in [1.54, 1.807) is 17.1 Å². The monoisotopic (exact) mass is 507 g/mol. The first-order valence-electron chi connectivity index (χ1n) is 8.41. The van der Waals surface area contributed by atoms with Crippen LogP contribution in [-0.4, -0.2) is 20.9 Å². The zero-order valence-corrected chi connectivity index (χ0v) is 17.7. The molecule has 0 saturated carbocycles. The fourth-order valence-corrected chi connectivity index (χ4v) is 3.80. The molecule has 1 amide bonds. The average Bonchev–Trinajstić information content (AvgIpc) is 2.72. The van der Waals surface area contributed by atoms with Gasteiger partial charge in [-0.25, -0.2) is 13.1 Å². The molecule has 6 nitrogen and oxygen atoms in total. The van der Waals surface area contributed by atoms with Gasteiger partial charge >= 0.3 is 0 Å². The van der Waals surface area contributed by atoms with Gasteiger partial charge in [-0.3, -0.25) is 15.2 Å². The van der Waals surface area contributed by atoms with Crippen molar-refractivity contribution in [2.24, 2.45) is 0 Å². The minimum atomic E-state index is -3.77. The second kappa shape index (κ2) is 9.18. The van der Waals surface area contributed by atoms with Crippen molar-refractivity contribution < 1.29 is 13.2 Å². The Bertz CT molecular complexity index is 988. The standard InChI is InChI=1S/C20H18IN3O3S/c21-16-11-13-19(14-12-16)28(26,27)22-15-20(25)23-24(17-7-3-1-4-8-17)18-9-5-2-6-10-18/h1-14,22H,15H2,(H,23,25). The molecule has 0 atom stereocenters. The van der Waals surface area contributed by atoms with E-state index in [1.807, 2.05) is 60.7 Å². The van der Waals surface area contributed by atoms with Gasteiger partial charge in [-0.1, -0.05) is 36.4 Å². The highest BCUT2D eigenvalue weighted by Crippen LogP contribution is 2.22. The fraction of sp³-hybridized carbons (Fsp3) is 0.0500. The van der Waals surface area contributed by atoms with E-state index in [-0.39, 0.29) is 11.4 Å². The zero-order valence-electron chi connectivity index (χ0n) is 14.7. The maximum absolute atomic E-state index is 12.5. The van der Waals surface area contributed by atoms with Crippen LogP contribution in [0.15, 0.2) is 89.8 Å². The molecule has 0 aliphatic heterocycles. The fourth-order valence-electron chi connectivity index (χ4n) is 2.45. The summed E-state index contributed by atoms with van der Waals surface area (Å²) in [6, 6.07) is 25.0. The molecule has 2 N–H and O–H groups in total. The van der Waals surface area contributed by atoms with Gasteiger partial charge in [-0.05, 0) is 71.1 Å². The van der Waals surface area contributed by atoms with E-state index in [9.17, 15) is 13.2 Å². The lowest BCUT2D eigenvalue weighted by Gasteiger charge is -2.25. The number of nitrogens with one attached hydrogen (secondary N) is 2. The predicted octanol–water partition coefficient (Wildman–Crippen LogP) is 3.44. The predicted molar refractivity (Wildman–Crippen MR) is 118 cm³/mol. The van der Waals surface area contributed by atoms with Crippen LogP contribution in [0.25, 0.3) is 0 Å². The molecule has 0 heterocycles. The van der Waals surface area contributed by atoms with Crippen LogP contribution in [0.4, 0.5) is 11.4 Å². The molecule has 8 heteroatoms. The molecule has 0 spiro atoms. The molecule has 0 fully saturated rings. The van der Waals surface area contributed by atoms with Crippen LogP contribution in [0.2, 0.25) is 0 Å². The van der Waals surface area contributed by atoms with Crippen LogP contribution in [-0.2, 0) is 14.8 Å². The van der Waals surface area contributed by atoms with E-state index in [0.717, 1.165) is 14.9 Å². The molecule has 0 bridgehead atoms. The molecular formula is C20H18IN3O3S. The van der Waals surface area contributed by atoms with Crippen molar-refractivity contribution in [3.8, 4) is 0 Å². The number of amides is 1. The van der Waals surface area contributed by atoms with Crippen molar-refractivity contribution in [2.45, 2.75) is 4.90 Å². The van der Waals surface area contributed by atoms with Crippen LogP contribution in [0.5, 0.6) is 0 Å². The number of carbonyl (C=O) groups is 1. The maximum atomic E-state index is 12.5. The summed E-state index contributed by atoms with van der Waals surface area (Å²) in [5, 5.41) is 1.61. The van der Waals surface area contributed by atoms with E-state index >= 15 is 0 Å². The number of rotatable bonds is 7. The first kappa shape index (κ1) is 20.3. The quantitative estimate of drug-likeness (QED) is 0.380. The number of nitrogens with zero attached hydrogens (tertiary/aromatic N) is 1. The number of anilines is 2. The van der Waals surface area contributed by atoms with Gasteiger partial charge in [0.05, 0.1) is 22.8 Å². The number of hydrazine groups is 1. The Kier molecular flexibility index (Phi) is 6.65. The van der Waals surface area contributed by atoms with Crippen molar-refractivity contribution in [3.63, 3.8) is 0 Å². The lowest BCUT2D eigenvalue weighted by molar-refractivity contribution is -0.119. The molecule has 0 aromatic heterocycles. The van der Waals surface area contributed by atoms with E-state index in [0.29, 0.717) is 0 Å². The van der Waals surface area contributed by atoms with Gasteiger partial charge in [0.2, 0.25) is 10.0 Å². The highest BCUT2D eigenvalue weighted by molar-refractivity contribution is 14.1. The van der Waals surface area contributed by atoms with Gasteiger partial charge in [-0.15, -0.1) is 0 Å². The minimum Gasteiger partial charge on any atom is -0.272 e. The molecule has 0 unspecified atom stereocenters. The second-order valence-electron chi connectivity index (χ2n) is 5.82. The number of hydrogen-bond acceptors (Lipinski definition) is 4. The summed E-state index contributed by atoms with van der Waals surface area (Å²) in [6.07, 6.45) is 0. The third-order valence-electron chi connectivity index (χ3n) is 3.81. The third kappa shape index (κ3) is 5.31. The Hall–Kier alpha value is -2.43. The normalized spacial score (nSPS) is 11.0. The summed E-state index contributed by atoms with van der Waals surface area (Å²) < 4.78 is 28.0. The third-order valence-corrected chi connectivity index (χ3v) is 5.95. The van der Waals surface area contributed by atoms with Crippen LogP contribution >= 0.6 is 22.6 Å². The smallest absolute Gasteiger partial charge is 0.253 e. The number of sulfonamides is 1. The molecule has 3 rings (SSSR count). The summed E-state index contributed by atoms with van der Waals surface area (Å²) in [7, 11) is -3.77. The summed E-state index contributed by atoms with van der Waals surface area (Å²) >= 11 is 2.10. The average molecular weight is 507 g/mol. The second-order valence-corrected chi connectivity index (χ2v) is 8.83. The molecule has 144 valence electrons.